The third-order valence-electron chi connectivity index (χ3n) is 0. The van der Waals surface area contributed by atoms with E-state index >= 15 is 0 Å². The van der Waals surface area contributed by atoms with Crippen LogP contribution in [-0.4, -0.2) is 56.2 Å². The van der Waals surface area contributed by atoms with E-state index in [9.17, 15) is 0 Å². The molecule has 0 saturated carbocycles. The molecule has 0 fully saturated rings. The SMILES string of the molecule is O=[Si]([O-])[O-].O=[Si]=O.[Ca+2]. The zero-order chi connectivity index (χ0) is 6.28. The van der Waals surface area contributed by atoms with Gasteiger partial charge < -0.3 is 14.1 Å². The predicted molar refractivity (Wildman–Crippen MR) is 19.3 cm³/mol. The summed E-state index contributed by atoms with van der Waals surface area (Å²) in [5.41, 5.74) is 0. The Morgan fingerprint density at radius 2 is 1.25 bits per heavy atom. The van der Waals surface area contributed by atoms with Gasteiger partial charge in [-0.15, -0.1) is 0 Å². The first-order valence-corrected chi connectivity index (χ1v) is 3.06. The Bertz CT molecular complexity index is 78.4. The van der Waals surface area contributed by atoms with E-state index < -0.39 is 18.5 Å². The molecule has 5 nitrogen and oxygen atoms in total. The van der Waals surface area contributed by atoms with E-state index in [1.807, 2.05) is 0 Å². The van der Waals surface area contributed by atoms with Crippen LogP contribution in [0.5, 0.6) is 0 Å². The van der Waals surface area contributed by atoms with Gasteiger partial charge in [0.15, 0.2) is 0 Å². The topological polar surface area (TPSA) is 97.3 Å². The summed E-state index contributed by atoms with van der Waals surface area (Å²) >= 11 is 0. The van der Waals surface area contributed by atoms with Crippen molar-refractivity contribution < 1.29 is 23.0 Å². The minimum absolute atomic E-state index is 0. The molecule has 0 radical (unpaired) electrons. The van der Waals surface area contributed by atoms with Crippen LogP contribution in [-0.2, 0) is 13.4 Å². The minimum atomic E-state index is -3.63. The fourth-order valence-electron chi connectivity index (χ4n) is 0. The summed E-state index contributed by atoms with van der Waals surface area (Å²) in [6, 6.07) is 0. The van der Waals surface area contributed by atoms with Crippen LogP contribution in [0.3, 0.4) is 0 Å². The van der Waals surface area contributed by atoms with Gasteiger partial charge in [0.2, 0.25) is 0 Å². The summed E-state index contributed by atoms with van der Waals surface area (Å²) in [5, 5.41) is 0. The van der Waals surface area contributed by atoms with Crippen molar-refractivity contribution >= 4 is 56.2 Å². The van der Waals surface area contributed by atoms with E-state index in [1.54, 1.807) is 0 Å². The molecule has 0 aliphatic carbocycles. The molecule has 0 amide bonds. The minimum Gasteiger partial charge on any atom is -0.672 e. The first-order chi connectivity index (χ1) is 3.15. The molecule has 0 unspecified atom stereocenters. The summed E-state index contributed by atoms with van der Waals surface area (Å²) in [6.07, 6.45) is 0. The second-order valence-electron chi connectivity index (χ2n) is 0.333. The normalized spacial score (nSPS) is 4.00. The third-order valence-corrected chi connectivity index (χ3v) is 0. The van der Waals surface area contributed by atoms with E-state index in [0.29, 0.717) is 0 Å². The van der Waals surface area contributed by atoms with Gasteiger partial charge in [0.1, 0.15) is 0 Å². The van der Waals surface area contributed by atoms with Crippen LogP contribution in [0.1, 0.15) is 0 Å². The maximum atomic E-state index is 8.52. The molecular weight excluding hydrogens is 176 g/mol. The van der Waals surface area contributed by atoms with E-state index in [1.165, 1.54) is 0 Å². The summed E-state index contributed by atoms with van der Waals surface area (Å²) in [6.45, 7) is 0. The number of hydrogen-bond acceptors (Lipinski definition) is 5. The van der Waals surface area contributed by atoms with Crippen molar-refractivity contribution in [2.45, 2.75) is 0 Å². The Hall–Kier alpha value is 0.694. The largest absolute Gasteiger partial charge is 2.00 e. The number of rotatable bonds is 0. The smallest absolute Gasteiger partial charge is 0.672 e. The van der Waals surface area contributed by atoms with Crippen LogP contribution < -0.4 is 9.59 Å². The van der Waals surface area contributed by atoms with Crippen LogP contribution in [0.15, 0.2) is 0 Å². The standard InChI is InChI=1S/Ca.O3Si.O2Si/c;1-4(2)3;1-3-2/q+2;-2;. The molecule has 0 aromatic carbocycles. The van der Waals surface area contributed by atoms with Crippen molar-refractivity contribution in [2.75, 3.05) is 0 Å². The van der Waals surface area contributed by atoms with Gasteiger partial charge in [-0.1, -0.05) is 0 Å². The first-order valence-electron chi connectivity index (χ1n) is 1.02. The Morgan fingerprint density at radius 1 is 1.25 bits per heavy atom. The molecule has 8 heteroatoms. The van der Waals surface area contributed by atoms with Crippen molar-refractivity contribution in [1.29, 1.82) is 0 Å². The molecule has 0 saturated heterocycles. The van der Waals surface area contributed by atoms with E-state index in [-0.39, 0.29) is 37.7 Å². The summed E-state index contributed by atoms with van der Waals surface area (Å²) in [4.78, 5) is 17.0. The molecule has 8 heavy (non-hydrogen) atoms. The predicted octanol–water partition coefficient (Wildman–Crippen LogP) is -3.88. The molecule has 0 bridgehead atoms. The van der Waals surface area contributed by atoms with Gasteiger partial charge in [0.05, 0.1) is 0 Å². The van der Waals surface area contributed by atoms with Crippen LogP contribution in [0.2, 0.25) is 0 Å². The molecule has 40 valence electrons. The Kier molecular flexibility index (Phi) is 31.0. The molecule has 0 aliphatic heterocycles. The van der Waals surface area contributed by atoms with Gasteiger partial charge in [0.25, 0.3) is 0 Å². The van der Waals surface area contributed by atoms with Gasteiger partial charge in [0, 0.05) is 9.17 Å². The summed E-state index contributed by atoms with van der Waals surface area (Å²) in [7, 11) is -5.05. The van der Waals surface area contributed by atoms with E-state index in [0.717, 1.165) is 0 Å². The van der Waals surface area contributed by atoms with E-state index in [2.05, 4.69) is 0 Å². The third kappa shape index (κ3) is 451. The van der Waals surface area contributed by atoms with Gasteiger partial charge in [-0.25, -0.2) is 0 Å². The van der Waals surface area contributed by atoms with Crippen molar-refractivity contribution in [3.63, 3.8) is 0 Å². The van der Waals surface area contributed by atoms with Gasteiger partial charge in [-0.3, -0.25) is 8.92 Å². The fraction of sp³-hybridized carbons (Fsp3) is 0. The molecule has 0 aromatic rings. The zero-order valence-electron chi connectivity index (χ0n) is 3.75. The monoisotopic (exact) mass is 176 g/mol. The van der Waals surface area contributed by atoms with Crippen LogP contribution in [0.4, 0.5) is 0 Å². The molecule has 0 aromatic heterocycles. The van der Waals surface area contributed by atoms with Gasteiger partial charge in [-0.05, 0) is 0 Å². The molecule has 0 rings (SSSR count). The van der Waals surface area contributed by atoms with Crippen LogP contribution in [0.25, 0.3) is 0 Å². The molecule has 0 atom stereocenters. The Morgan fingerprint density at radius 3 is 1.25 bits per heavy atom. The quantitative estimate of drug-likeness (QED) is 0.352. The first kappa shape index (κ1) is 15.9. The van der Waals surface area contributed by atoms with Crippen molar-refractivity contribution in [3.8, 4) is 0 Å². The summed E-state index contributed by atoms with van der Waals surface area (Å²) < 4.78 is 25.3. The van der Waals surface area contributed by atoms with E-state index in [4.69, 9.17) is 23.0 Å². The van der Waals surface area contributed by atoms with Crippen LogP contribution >= 0.6 is 0 Å². The maximum absolute atomic E-state index is 8.52. The Balaban J connectivity index is -0.0000000575. The number of hydrogen-bond donors (Lipinski definition) is 0. The molecule has 0 spiro atoms. The van der Waals surface area contributed by atoms with Crippen molar-refractivity contribution in [1.82, 2.24) is 0 Å². The average molecular weight is 176 g/mol. The maximum Gasteiger partial charge on any atom is 2.00 e. The molecular formula is CaO5Si2. The van der Waals surface area contributed by atoms with Crippen molar-refractivity contribution in [3.05, 3.63) is 0 Å². The molecule has 0 aliphatic rings. The van der Waals surface area contributed by atoms with Gasteiger partial charge in [-0.2, -0.15) is 0 Å². The average Bonchev–Trinajstić information content (AvgIpc) is 1.33. The molecule has 0 heterocycles. The zero-order valence-corrected chi connectivity index (χ0v) is 7.96. The second kappa shape index (κ2) is 15.6. The Labute approximate surface area is 78.6 Å². The molecule has 0 N–H and O–H groups in total. The second-order valence-corrected chi connectivity index (χ2v) is 1.00. The summed E-state index contributed by atoms with van der Waals surface area (Å²) in [5.74, 6) is 0. The van der Waals surface area contributed by atoms with Crippen molar-refractivity contribution in [2.24, 2.45) is 0 Å². The van der Waals surface area contributed by atoms with Crippen LogP contribution in [0, 0.1) is 0 Å². The van der Waals surface area contributed by atoms with Gasteiger partial charge >= 0.3 is 47.0 Å². The fourth-order valence-corrected chi connectivity index (χ4v) is 0.